The Balaban J connectivity index is 1.60. The monoisotopic (exact) mass is 306 g/mol. The van der Waals surface area contributed by atoms with Gasteiger partial charge in [-0.2, -0.15) is 0 Å². The van der Waals surface area contributed by atoms with Gasteiger partial charge in [-0.05, 0) is 24.3 Å². The molecule has 0 radical (unpaired) electrons. The quantitative estimate of drug-likeness (QED) is 0.786. The number of rotatable bonds is 2. The fourth-order valence-electron chi connectivity index (χ4n) is 2.65. The van der Waals surface area contributed by atoms with Gasteiger partial charge in [-0.1, -0.05) is 12.1 Å². The number of nitrogens with one attached hydrogen (secondary N) is 1. The number of amides is 1. The fourth-order valence-corrected chi connectivity index (χ4v) is 2.65. The molecular formula is C17H14N4O2. The Labute approximate surface area is 132 Å². The molecule has 2 aromatic heterocycles. The minimum Gasteiger partial charge on any atom is -0.491 e. The number of hydrogen-bond donors (Lipinski definition) is 1. The molecule has 1 amide bonds. The Kier molecular flexibility index (Phi) is 3.34. The second kappa shape index (κ2) is 5.64. The van der Waals surface area contributed by atoms with Crippen molar-refractivity contribution in [2.24, 2.45) is 0 Å². The average molecular weight is 306 g/mol. The summed E-state index contributed by atoms with van der Waals surface area (Å²) >= 11 is 0. The lowest BCUT2D eigenvalue weighted by atomic mass is 10.1. The fraction of sp³-hybridized carbons (Fsp3) is 0.176. The van der Waals surface area contributed by atoms with E-state index < -0.39 is 0 Å². The Morgan fingerprint density at radius 2 is 2.00 bits per heavy atom. The van der Waals surface area contributed by atoms with Crippen molar-refractivity contribution in [3.63, 3.8) is 0 Å². The summed E-state index contributed by atoms with van der Waals surface area (Å²) in [6, 6.07) is 11.0. The second-order valence-electron chi connectivity index (χ2n) is 5.29. The van der Waals surface area contributed by atoms with Crippen LogP contribution < -0.4 is 10.1 Å². The molecule has 1 aliphatic rings. The van der Waals surface area contributed by atoms with E-state index in [-0.39, 0.29) is 11.9 Å². The highest BCUT2D eigenvalue weighted by Gasteiger charge is 2.25. The van der Waals surface area contributed by atoms with E-state index in [1.54, 1.807) is 6.20 Å². The van der Waals surface area contributed by atoms with Crippen LogP contribution in [0.5, 0.6) is 5.75 Å². The zero-order valence-corrected chi connectivity index (χ0v) is 12.3. The summed E-state index contributed by atoms with van der Waals surface area (Å²) < 4.78 is 5.56. The van der Waals surface area contributed by atoms with Crippen LogP contribution in [0.4, 0.5) is 0 Å². The number of fused-ring (bicyclic) bond motifs is 2. The molecule has 0 bridgehead atoms. The van der Waals surface area contributed by atoms with Gasteiger partial charge in [0.15, 0.2) is 0 Å². The largest absolute Gasteiger partial charge is 0.491 e. The zero-order chi connectivity index (χ0) is 15.6. The molecule has 0 spiro atoms. The van der Waals surface area contributed by atoms with Crippen LogP contribution in [0.3, 0.4) is 0 Å². The molecule has 0 aliphatic carbocycles. The van der Waals surface area contributed by atoms with Gasteiger partial charge in [0, 0.05) is 12.6 Å². The predicted octanol–water partition coefficient (Wildman–Crippen LogP) is 2.28. The molecule has 4 rings (SSSR count). The van der Waals surface area contributed by atoms with Crippen LogP contribution >= 0.6 is 0 Å². The standard InChI is InChI=1S/C17H14N4O2/c22-17(14-10-19-11-4-1-2-5-12(11)20-14)21-13-7-9-23-15-6-3-8-18-16(13)15/h1-6,8,10,13H,7,9H2,(H,21,22). The van der Waals surface area contributed by atoms with Gasteiger partial charge in [0.2, 0.25) is 0 Å². The molecule has 0 fully saturated rings. The summed E-state index contributed by atoms with van der Waals surface area (Å²) in [5.74, 6) is 0.459. The van der Waals surface area contributed by atoms with Crippen molar-refractivity contribution in [3.05, 3.63) is 60.2 Å². The molecule has 6 heteroatoms. The van der Waals surface area contributed by atoms with Gasteiger partial charge in [0.1, 0.15) is 17.1 Å². The average Bonchev–Trinajstić information content (AvgIpc) is 2.61. The summed E-state index contributed by atoms with van der Waals surface area (Å²) in [6.07, 6.45) is 3.87. The van der Waals surface area contributed by atoms with Gasteiger partial charge < -0.3 is 10.1 Å². The van der Waals surface area contributed by atoms with E-state index in [1.165, 1.54) is 6.20 Å². The SMILES string of the molecule is O=C(NC1CCOc2cccnc21)c1cnc2ccccc2n1. The highest BCUT2D eigenvalue weighted by Crippen LogP contribution is 2.29. The third-order valence-electron chi connectivity index (χ3n) is 3.78. The Bertz CT molecular complexity index is 881. The first-order chi connectivity index (χ1) is 11.3. The lowest BCUT2D eigenvalue weighted by molar-refractivity contribution is 0.0918. The van der Waals surface area contributed by atoms with Crippen molar-refractivity contribution >= 4 is 16.9 Å². The third-order valence-corrected chi connectivity index (χ3v) is 3.78. The minimum absolute atomic E-state index is 0.180. The van der Waals surface area contributed by atoms with Crippen LogP contribution in [0.1, 0.15) is 28.6 Å². The summed E-state index contributed by atoms with van der Waals surface area (Å²) in [5, 5.41) is 2.97. The van der Waals surface area contributed by atoms with Crippen LogP contribution in [-0.2, 0) is 0 Å². The molecule has 1 aliphatic heterocycles. The van der Waals surface area contributed by atoms with Gasteiger partial charge in [-0.15, -0.1) is 0 Å². The lowest BCUT2D eigenvalue weighted by Gasteiger charge is -2.25. The smallest absolute Gasteiger partial charge is 0.272 e. The molecule has 0 saturated carbocycles. The van der Waals surface area contributed by atoms with Crippen LogP contribution in [0, 0.1) is 0 Å². The second-order valence-corrected chi connectivity index (χ2v) is 5.29. The maximum atomic E-state index is 12.5. The summed E-state index contributed by atoms with van der Waals surface area (Å²) in [6.45, 7) is 0.549. The van der Waals surface area contributed by atoms with E-state index in [2.05, 4.69) is 20.3 Å². The van der Waals surface area contributed by atoms with Crippen LogP contribution in [0.2, 0.25) is 0 Å². The molecule has 1 aromatic carbocycles. The summed E-state index contributed by atoms with van der Waals surface area (Å²) in [7, 11) is 0. The number of carbonyl (C=O) groups excluding carboxylic acids is 1. The number of hydrogen-bond acceptors (Lipinski definition) is 5. The Morgan fingerprint density at radius 1 is 1.13 bits per heavy atom. The number of aromatic nitrogens is 3. The van der Waals surface area contributed by atoms with Crippen molar-refractivity contribution in [3.8, 4) is 5.75 Å². The van der Waals surface area contributed by atoms with Crippen LogP contribution in [0.25, 0.3) is 11.0 Å². The molecule has 3 heterocycles. The Hall–Kier alpha value is -3.02. The molecule has 1 unspecified atom stereocenters. The molecule has 23 heavy (non-hydrogen) atoms. The molecule has 114 valence electrons. The van der Waals surface area contributed by atoms with Gasteiger partial charge >= 0.3 is 0 Å². The van der Waals surface area contributed by atoms with Gasteiger partial charge in [0.05, 0.1) is 29.9 Å². The van der Waals surface area contributed by atoms with Gasteiger partial charge in [0.25, 0.3) is 5.91 Å². The summed E-state index contributed by atoms with van der Waals surface area (Å²) in [5.41, 5.74) is 2.52. The number of pyridine rings is 1. The Morgan fingerprint density at radius 3 is 2.91 bits per heavy atom. The van der Waals surface area contributed by atoms with E-state index >= 15 is 0 Å². The van der Waals surface area contributed by atoms with E-state index in [9.17, 15) is 4.79 Å². The molecule has 6 nitrogen and oxygen atoms in total. The van der Waals surface area contributed by atoms with E-state index in [0.29, 0.717) is 30.0 Å². The van der Waals surface area contributed by atoms with Gasteiger partial charge in [-0.3, -0.25) is 14.8 Å². The molecular weight excluding hydrogens is 292 g/mol. The molecule has 1 N–H and O–H groups in total. The third kappa shape index (κ3) is 2.59. The minimum atomic E-state index is -0.258. The molecule has 1 atom stereocenters. The highest BCUT2D eigenvalue weighted by molar-refractivity contribution is 5.94. The van der Waals surface area contributed by atoms with E-state index in [4.69, 9.17) is 4.74 Å². The first-order valence-corrected chi connectivity index (χ1v) is 7.41. The van der Waals surface area contributed by atoms with Crippen LogP contribution in [-0.4, -0.2) is 27.5 Å². The zero-order valence-electron chi connectivity index (χ0n) is 12.3. The lowest BCUT2D eigenvalue weighted by Crippen LogP contribution is -2.33. The predicted molar refractivity (Wildman–Crippen MR) is 84.1 cm³/mol. The number of para-hydroxylation sites is 2. The number of benzene rings is 1. The van der Waals surface area contributed by atoms with Crippen molar-refractivity contribution < 1.29 is 9.53 Å². The van der Waals surface area contributed by atoms with E-state index in [0.717, 1.165) is 11.2 Å². The normalized spacial score (nSPS) is 16.4. The molecule has 3 aromatic rings. The van der Waals surface area contributed by atoms with Crippen molar-refractivity contribution in [2.45, 2.75) is 12.5 Å². The van der Waals surface area contributed by atoms with Crippen molar-refractivity contribution in [2.75, 3.05) is 6.61 Å². The number of nitrogens with zero attached hydrogens (tertiary/aromatic N) is 3. The number of carbonyl (C=O) groups is 1. The topological polar surface area (TPSA) is 77.0 Å². The van der Waals surface area contributed by atoms with Crippen molar-refractivity contribution in [1.82, 2.24) is 20.3 Å². The van der Waals surface area contributed by atoms with E-state index in [1.807, 2.05) is 36.4 Å². The maximum absolute atomic E-state index is 12.5. The first kappa shape index (κ1) is 13.6. The van der Waals surface area contributed by atoms with Gasteiger partial charge in [-0.25, -0.2) is 4.98 Å². The first-order valence-electron chi connectivity index (χ1n) is 7.41. The maximum Gasteiger partial charge on any atom is 0.272 e. The summed E-state index contributed by atoms with van der Waals surface area (Å²) in [4.78, 5) is 25.5. The highest BCUT2D eigenvalue weighted by atomic mass is 16.5. The number of ether oxygens (including phenoxy) is 1. The van der Waals surface area contributed by atoms with Crippen LogP contribution in [0.15, 0.2) is 48.8 Å². The van der Waals surface area contributed by atoms with Crippen molar-refractivity contribution in [1.29, 1.82) is 0 Å². The molecule has 0 saturated heterocycles.